The van der Waals surface area contributed by atoms with E-state index in [0.717, 1.165) is 37.8 Å². The first kappa shape index (κ1) is 15.4. The summed E-state index contributed by atoms with van der Waals surface area (Å²) in [5.41, 5.74) is 0. The minimum absolute atomic E-state index is 0.505. The van der Waals surface area contributed by atoms with Crippen LogP contribution in [-0.4, -0.2) is 37.8 Å². The first-order chi connectivity index (χ1) is 8.69. The molecule has 0 saturated heterocycles. The van der Waals surface area contributed by atoms with Gasteiger partial charge in [-0.15, -0.1) is 11.3 Å². The molecule has 0 aliphatic rings. The van der Waals surface area contributed by atoms with Crippen LogP contribution in [0, 0.1) is 0 Å². The van der Waals surface area contributed by atoms with E-state index in [2.05, 4.69) is 36.0 Å². The molecule has 0 bridgehead atoms. The average molecular weight is 271 g/mol. The van der Waals surface area contributed by atoms with Gasteiger partial charge in [0, 0.05) is 43.9 Å². The summed E-state index contributed by atoms with van der Waals surface area (Å²) >= 11 is 1.78. The lowest BCUT2D eigenvalue weighted by Gasteiger charge is -2.25. The lowest BCUT2D eigenvalue weighted by molar-refractivity contribution is 0.199. The van der Waals surface area contributed by atoms with E-state index in [-0.39, 0.29) is 0 Å². The number of aromatic nitrogens is 1. The molecule has 1 aromatic heterocycles. The van der Waals surface area contributed by atoms with Crippen molar-refractivity contribution in [3.8, 4) is 0 Å². The van der Waals surface area contributed by atoms with Gasteiger partial charge in [0.1, 0.15) is 0 Å². The maximum absolute atomic E-state index is 5.00. The molecule has 0 unspecified atom stereocenters. The first-order valence-corrected chi connectivity index (χ1v) is 7.41. The summed E-state index contributed by atoms with van der Waals surface area (Å²) < 4.78 is 5.00. The maximum atomic E-state index is 5.00. The Morgan fingerprint density at radius 1 is 1.50 bits per heavy atom. The van der Waals surface area contributed by atoms with Crippen molar-refractivity contribution in [1.29, 1.82) is 0 Å². The first-order valence-electron chi connectivity index (χ1n) is 6.60. The molecule has 1 rings (SSSR count). The molecule has 1 heterocycles. The molecule has 1 N–H and O–H groups in total. The van der Waals surface area contributed by atoms with Crippen molar-refractivity contribution in [3.63, 3.8) is 0 Å². The van der Waals surface area contributed by atoms with Gasteiger partial charge >= 0.3 is 0 Å². The van der Waals surface area contributed by atoms with Crippen molar-refractivity contribution in [2.24, 2.45) is 0 Å². The van der Waals surface area contributed by atoms with E-state index in [1.54, 1.807) is 18.4 Å². The maximum Gasteiger partial charge on any atom is 0.185 e. The average Bonchev–Trinajstić information content (AvgIpc) is 2.79. The summed E-state index contributed by atoms with van der Waals surface area (Å²) in [7, 11) is 1.72. The van der Waals surface area contributed by atoms with E-state index in [0.29, 0.717) is 6.04 Å². The summed E-state index contributed by atoms with van der Waals surface area (Å²) in [5.74, 6) is 0. The number of methoxy groups -OCH3 is 1. The lowest BCUT2D eigenvalue weighted by atomic mass is 10.3. The van der Waals surface area contributed by atoms with Crippen molar-refractivity contribution in [1.82, 2.24) is 10.3 Å². The van der Waals surface area contributed by atoms with Crippen molar-refractivity contribution in [2.75, 3.05) is 31.7 Å². The number of rotatable bonds is 9. The van der Waals surface area contributed by atoms with E-state index in [1.165, 1.54) is 4.88 Å². The summed E-state index contributed by atoms with van der Waals surface area (Å²) in [6.07, 6.45) is 3.13. The van der Waals surface area contributed by atoms with E-state index in [1.807, 2.05) is 6.20 Å². The van der Waals surface area contributed by atoms with Crippen LogP contribution in [0.4, 0.5) is 5.13 Å². The highest BCUT2D eigenvalue weighted by molar-refractivity contribution is 7.15. The van der Waals surface area contributed by atoms with Crippen LogP contribution in [0.25, 0.3) is 0 Å². The zero-order chi connectivity index (χ0) is 13.4. The minimum atomic E-state index is 0.505. The number of anilines is 1. The quantitative estimate of drug-likeness (QED) is 0.700. The van der Waals surface area contributed by atoms with Crippen molar-refractivity contribution >= 4 is 16.5 Å². The van der Waals surface area contributed by atoms with Crippen LogP contribution in [-0.2, 0) is 11.3 Å². The topological polar surface area (TPSA) is 37.4 Å². The van der Waals surface area contributed by atoms with Crippen LogP contribution < -0.4 is 10.2 Å². The number of thiazole rings is 1. The van der Waals surface area contributed by atoms with Crippen LogP contribution in [0.15, 0.2) is 6.20 Å². The molecule has 0 radical (unpaired) electrons. The normalized spacial score (nSPS) is 11.2. The molecule has 0 atom stereocenters. The molecular formula is C13H25N3OS. The lowest BCUT2D eigenvalue weighted by Crippen LogP contribution is -2.31. The van der Waals surface area contributed by atoms with Gasteiger partial charge in [-0.2, -0.15) is 0 Å². The monoisotopic (exact) mass is 271 g/mol. The van der Waals surface area contributed by atoms with Gasteiger partial charge in [-0.25, -0.2) is 4.98 Å². The van der Waals surface area contributed by atoms with Crippen molar-refractivity contribution in [2.45, 2.75) is 39.8 Å². The molecule has 104 valence electrons. The fourth-order valence-corrected chi connectivity index (χ4v) is 2.75. The minimum Gasteiger partial charge on any atom is -0.383 e. The fraction of sp³-hybridized carbons (Fsp3) is 0.769. The third kappa shape index (κ3) is 4.92. The Labute approximate surface area is 114 Å². The second kappa shape index (κ2) is 8.45. The van der Waals surface area contributed by atoms with Crippen LogP contribution in [0.5, 0.6) is 0 Å². The number of ether oxygens (including phenoxy) is 1. The molecule has 0 fully saturated rings. The molecular weight excluding hydrogens is 246 g/mol. The van der Waals surface area contributed by atoms with E-state index >= 15 is 0 Å². The van der Waals surface area contributed by atoms with Crippen molar-refractivity contribution in [3.05, 3.63) is 11.1 Å². The van der Waals surface area contributed by atoms with Gasteiger partial charge in [0.2, 0.25) is 0 Å². The predicted octanol–water partition coefficient (Wildman–Crippen LogP) is 2.50. The molecule has 1 aromatic rings. The number of hydrogen-bond donors (Lipinski definition) is 1. The second-order valence-corrected chi connectivity index (χ2v) is 5.66. The number of hydrogen-bond acceptors (Lipinski definition) is 5. The summed E-state index contributed by atoms with van der Waals surface area (Å²) in [6.45, 7) is 10.2. The second-order valence-electron chi connectivity index (χ2n) is 4.57. The zero-order valence-electron chi connectivity index (χ0n) is 11.9. The molecule has 0 saturated carbocycles. The van der Waals surface area contributed by atoms with Crippen LogP contribution in [0.2, 0.25) is 0 Å². The van der Waals surface area contributed by atoms with Crippen LogP contribution in [0.3, 0.4) is 0 Å². The largest absolute Gasteiger partial charge is 0.383 e. The van der Waals surface area contributed by atoms with Gasteiger partial charge in [-0.05, 0) is 20.3 Å². The molecule has 0 aliphatic carbocycles. The number of nitrogens with zero attached hydrogens (tertiary/aromatic N) is 2. The van der Waals surface area contributed by atoms with E-state index < -0.39 is 0 Å². The van der Waals surface area contributed by atoms with Gasteiger partial charge < -0.3 is 15.0 Å². The fourth-order valence-electron chi connectivity index (χ4n) is 1.71. The highest BCUT2D eigenvalue weighted by Crippen LogP contribution is 2.24. The Morgan fingerprint density at radius 3 is 2.89 bits per heavy atom. The highest BCUT2D eigenvalue weighted by Gasteiger charge is 2.13. The van der Waals surface area contributed by atoms with Gasteiger partial charge in [0.05, 0.1) is 6.61 Å². The predicted molar refractivity (Wildman–Crippen MR) is 78.5 cm³/mol. The molecule has 4 nitrogen and oxygen atoms in total. The molecule has 0 aliphatic heterocycles. The Balaban J connectivity index is 2.50. The summed E-state index contributed by atoms with van der Waals surface area (Å²) in [6, 6.07) is 0.505. The molecule has 18 heavy (non-hydrogen) atoms. The smallest absolute Gasteiger partial charge is 0.185 e. The molecule has 0 aromatic carbocycles. The van der Waals surface area contributed by atoms with E-state index in [9.17, 15) is 0 Å². The van der Waals surface area contributed by atoms with Gasteiger partial charge in [0.15, 0.2) is 5.13 Å². The molecule has 5 heteroatoms. The third-order valence-corrected chi connectivity index (χ3v) is 3.69. The molecule has 0 amide bonds. The zero-order valence-corrected chi connectivity index (χ0v) is 12.7. The standard InChI is InChI=1S/C13H25N3OS/c1-5-7-16(11(2)3)13-15-10-12(18-13)9-14-6-8-17-4/h10-11,14H,5-9H2,1-4H3. The van der Waals surface area contributed by atoms with Crippen LogP contribution >= 0.6 is 11.3 Å². The summed E-state index contributed by atoms with van der Waals surface area (Å²) in [4.78, 5) is 8.17. The Kier molecular flexibility index (Phi) is 7.23. The Hall–Kier alpha value is -0.650. The van der Waals surface area contributed by atoms with E-state index in [4.69, 9.17) is 4.74 Å². The third-order valence-electron chi connectivity index (χ3n) is 2.66. The van der Waals surface area contributed by atoms with Crippen LogP contribution in [0.1, 0.15) is 32.1 Å². The van der Waals surface area contributed by atoms with Gasteiger partial charge in [-0.1, -0.05) is 6.92 Å². The highest BCUT2D eigenvalue weighted by atomic mass is 32.1. The SMILES string of the molecule is CCCN(c1ncc(CNCCOC)s1)C(C)C. The van der Waals surface area contributed by atoms with Gasteiger partial charge in [0.25, 0.3) is 0 Å². The molecule has 0 spiro atoms. The summed E-state index contributed by atoms with van der Waals surface area (Å²) in [5, 5.41) is 4.48. The van der Waals surface area contributed by atoms with Crippen molar-refractivity contribution < 1.29 is 4.74 Å². The number of nitrogens with one attached hydrogen (secondary N) is 1. The Morgan fingerprint density at radius 2 is 2.28 bits per heavy atom. The Bertz CT molecular complexity index is 328. The van der Waals surface area contributed by atoms with Gasteiger partial charge in [-0.3, -0.25) is 0 Å².